The molecule has 0 saturated carbocycles. The Morgan fingerprint density at radius 1 is 1.56 bits per heavy atom. The summed E-state index contributed by atoms with van der Waals surface area (Å²) < 4.78 is 5.51. The predicted molar refractivity (Wildman–Crippen MR) is 72.7 cm³/mol. The summed E-state index contributed by atoms with van der Waals surface area (Å²) in [7, 11) is 0. The zero-order valence-corrected chi connectivity index (χ0v) is 11.4. The van der Waals surface area contributed by atoms with Gasteiger partial charge in [-0.25, -0.2) is 4.98 Å². The third kappa shape index (κ3) is 2.35. The molecule has 2 heterocycles. The number of hydrogen-bond acceptors (Lipinski definition) is 4. The largest absolute Gasteiger partial charge is 0.469 e. The molecule has 4 heteroatoms. The van der Waals surface area contributed by atoms with Crippen molar-refractivity contribution in [2.75, 3.05) is 0 Å². The van der Waals surface area contributed by atoms with Gasteiger partial charge < -0.3 is 9.73 Å². The molecule has 3 rings (SSSR count). The first kappa shape index (κ1) is 11.9. The molecule has 1 N–H and O–H groups in total. The molecule has 3 nitrogen and oxygen atoms in total. The second-order valence-electron chi connectivity index (χ2n) is 4.70. The second kappa shape index (κ2) is 5.24. The van der Waals surface area contributed by atoms with Crippen molar-refractivity contribution in [2.24, 2.45) is 0 Å². The molecule has 0 amide bonds. The molecule has 0 fully saturated rings. The summed E-state index contributed by atoms with van der Waals surface area (Å²) in [6.45, 7) is 3.03. The van der Waals surface area contributed by atoms with Crippen molar-refractivity contribution in [3.05, 3.63) is 39.7 Å². The smallest absolute Gasteiger partial charge is 0.108 e. The van der Waals surface area contributed by atoms with E-state index in [-0.39, 0.29) is 0 Å². The number of fused-ring (bicyclic) bond motifs is 1. The number of rotatable bonds is 4. The first-order valence-corrected chi connectivity index (χ1v) is 7.41. The molecule has 0 aromatic carbocycles. The van der Waals surface area contributed by atoms with Crippen LogP contribution in [0.2, 0.25) is 0 Å². The van der Waals surface area contributed by atoms with Gasteiger partial charge in [0.1, 0.15) is 10.8 Å². The summed E-state index contributed by atoms with van der Waals surface area (Å²) >= 11 is 1.81. The van der Waals surface area contributed by atoms with Crippen LogP contribution < -0.4 is 5.32 Å². The highest BCUT2D eigenvalue weighted by Gasteiger charge is 2.22. The Bertz CT molecular complexity index is 517. The molecule has 1 atom stereocenters. The highest BCUT2D eigenvalue weighted by molar-refractivity contribution is 7.11. The lowest BCUT2D eigenvalue weighted by Gasteiger charge is -2.22. The maximum absolute atomic E-state index is 5.51. The van der Waals surface area contributed by atoms with E-state index >= 15 is 0 Å². The van der Waals surface area contributed by atoms with Gasteiger partial charge in [-0.3, -0.25) is 0 Å². The molecular formula is C14H18N2OS. The maximum Gasteiger partial charge on any atom is 0.108 e. The van der Waals surface area contributed by atoms with E-state index in [9.17, 15) is 0 Å². The molecule has 1 aliphatic rings. The third-order valence-electron chi connectivity index (χ3n) is 3.50. The van der Waals surface area contributed by atoms with Crippen LogP contribution in [0.1, 0.15) is 47.0 Å². The minimum atomic E-state index is 0.432. The molecule has 0 aliphatic heterocycles. The number of aromatic nitrogens is 1. The number of nitrogens with one attached hydrogen (secondary N) is 1. The summed E-state index contributed by atoms with van der Waals surface area (Å²) in [4.78, 5) is 5.81. The fourth-order valence-corrected chi connectivity index (χ4v) is 3.32. The number of furan rings is 1. The van der Waals surface area contributed by atoms with E-state index in [0.29, 0.717) is 6.04 Å². The van der Waals surface area contributed by atoms with Crippen LogP contribution in [0.5, 0.6) is 0 Å². The molecule has 0 spiro atoms. The number of aryl methyl sites for hydroxylation is 2. The molecule has 1 unspecified atom stereocenters. The van der Waals surface area contributed by atoms with Crippen LogP contribution >= 0.6 is 11.3 Å². The zero-order valence-electron chi connectivity index (χ0n) is 10.6. The molecule has 18 heavy (non-hydrogen) atoms. The van der Waals surface area contributed by atoms with Crippen LogP contribution in [0.4, 0.5) is 0 Å². The van der Waals surface area contributed by atoms with Crippen molar-refractivity contribution in [1.82, 2.24) is 10.3 Å². The zero-order chi connectivity index (χ0) is 12.4. The lowest BCUT2D eigenvalue weighted by Crippen LogP contribution is -2.23. The lowest BCUT2D eigenvalue weighted by molar-refractivity contribution is 0.410. The summed E-state index contributed by atoms with van der Waals surface area (Å²) in [5.41, 5.74) is 1.34. The molecule has 2 aromatic rings. The van der Waals surface area contributed by atoms with E-state index in [1.807, 2.05) is 23.8 Å². The van der Waals surface area contributed by atoms with Gasteiger partial charge in [-0.15, -0.1) is 11.3 Å². The summed E-state index contributed by atoms with van der Waals surface area (Å²) in [6.07, 6.45) is 8.36. The summed E-state index contributed by atoms with van der Waals surface area (Å²) in [5.74, 6) is 1.16. The molecular weight excluding hydrogens is 244 g/mol. The van der Waals surface area contributed by atoms with Gasteiger partial charge in [0.05, 0.1) is 6.26 Å². The van der Waals surface area contributed by atoms with Crippen molar-refractivity contribution in [3.8, 4) is 0 Å². The maximum atomic E-state index is 5.51. The van der Waals surface area contributed by atoms with Crippen LogP contribution in [-0.2, 0) is 19.4 Å². The molecule has 0 saturated heterocycles. The van der Waals surface area contributed by atoms with E-state index in [1.54, 1.807) is 0 Å². The van der Waals surface area contributed by atoms with Gasteiger partial charge in [0.2, 0.25) is 0 Å². The van der Waals surface area contributed by atoms with E-state index in [4.69, 9.17) is 4.42 Å². The Morgan fingerprint density at radius 3 is 3.33 bits per heavy atom. The number of hydrogen-bond donors (Lipinski definition) is 1. The third-order valence-corrected chi connectivity index (χ3v) is 4.64. The first-order valence-electron chi connectivity index (χ1n) is 6.60. The van der Waals surface area contributed by atoms with E-state index < -0.39 is 0 Å². The summed E-state index contributed by atoms with van der Waals surface area (Å²) in [5, 5.41) is 4.79. The fraction of sp³-hybridized carbons (Fsp3) is 0.500. The second-order valence-corrected chi connectivity index (χ2v) is 5.90. The molecule has 0 radical (unpaired) electrons. The standard InChI is InChI=1S/C14H18N2OS/c1-2-10-8-16-14(18-10)9-15-12-4-3-5-13-11(12)6-7-17-13/h6-8,12,15H,2-5,9H2,1H3. The van der Waals surface area contributed by atoms with Crippen molar-refractivity contribution >= 4 is 11.3 Å². The number of thiazole rings is 1. The average Bonchev–Trinajstić information content (AvgIpc) is 3.05. The average molecular weight is 262 g/mol. The van der Waals surface area contributed by atoms with Crippen molar-refractivity contribution in [2.45, 2.75) is 45.2 Å². The van der Waals surface area contributed by atoms with E-state index in [2.05, 4.69) is 23.3 Å². The Balaban J connectivity index is 1.64. The van der Waals surface area contributed by atoms with Crippen LogP contribution in [0.25, 0.3) is 0 Å². The Labute approximate surface area is 111 Å². The SMILES string of the molecule is CCc1cnc(CNC2CCCc3occc32)s1. The Hall–Kier alpha value is -1.13. The van der Waals surface area contributed by atoms with Gasteiger partial charge >= 0.3 is 0 Å². The van der Waals surface area contributed by atoms with Gasteiger partial charge in [0, 0.05) is 35.6 Å². The normalized spacial score (nSPS) is 18.8. The number of nitrogens with zero attached hydrogens (tertiary/aromatic N) is 1. The highest BCUT2D eigenvalue weighted by atomic mass is 32.1. The van der Waals surface area contributed by atoms with Crippen LogP contribution in [0.3, 0.4) is 0 Å². The van der Waals surface area contributed by atoms with Crippen LogP contribution in [0, 0.1) is 0 Å². The van der Waals surface area contributed by atoms with Gasteiger partial charge in [-0.2, -0.15) is 0 Å². The Kier molecular flexibility index (Phi) is 3.48. The van der Waals surface area contributed by atoms with Crippen molar-refractivity contribution in [1.29, 1.82) is 0 Å². The van der Waals surface area contributed by atoms with Gasteiger partial charge in [-0.1, -0.05) is 6.92 Å². The van der Waals surface area contributed by atoms with Crippen LogP contribution in [0.15, 0.2) is 22.9 Å². The molecule has 2 aromatic heterocycles. The molecule has 0 bridgehead atoms. The van der Waals surface area contributed by atoms with Crippen molar-refractivity contribution < 1.29 is 4.42 Å². The van der Waals surface area contributed by atoms with Crippen LogP contribution in [-0.4, -0.2) is 4.98 Å². The van der Waals surface area contributed by atoms with E-state index in [1.165, 1.54) is 28.3 Å². The Morgan fingerprint density at radius 2 is 2.50 bits per heavy atom. The minimum Gasteiger partial charge on any atom is -0.469 e. The monoisotopic (exact) mass is 262 g/mol. The van der Waals surface area contributed by atoms with Gasteiger partial charge in [-0.05, 0) is 25.3 Å². The topological polar surface area (TPSA) is 38.1 Å². The predicted octanol–water partition coefficient (Wildman–Crippen LogP) is 3.47. The molecule has 1 aliphatic carbocycles. The van der Waals surface area contributed by atoms with Crippen molar-refractivity contribution in [3.63, 3.8) is 0 Å². The van der Waals surface area contributed by atoms with Gasteiger partial charge in [0.25, 0.3) is 0 Å². The molecule has 96 valence electrons. The summed E-state index contributed by atoms with van der Waals surface area (Å²) in [6, 6.07) is 2.53. The minimum absolute atomic E-state index is 0.432. The van der Waals surface area contributed by atoms with E-state index in [0.717, 1.165) is 25.1 Å². The first-order chi connectivity index (χ1) is 8.86. The van der Waals surface area contributed by atoms with Gasteiger partial charge in [0.15, 0.2) is 0 Å². The lowest BCUT2D eigenvalue weighted by atomic mass is 9.93. The highest BCUT2D eigenvalue weighted by Crippen LogP contribution is 2.30. The quantitative estimate of drug-likeness (QED) is 0.917. The fourth-order valence-electron chi connectivity index (χ4n) is 2.50.